The quantitative estimate of drug-likeness (QED) is 0.195. The summed E-state index contributed by atoms with van der Waals surface area (Å²) >= 11 is 3.64. The van der Waals surface area contributed by atoms with Crippen molar-refractivity contribution in [2.45, 2.75) is 79.1 Å². The average molecular weight is 653 g/mol. The topological polar surface area (TPSA) is 44.0 Å². The van der Waals surface area contributed by atoms with Gasteiger partial charge in [0.1, 0.15) is 0 Å². The van der Waals surface area contributed by atoms with Crippen molar-refractivity contribution in [3.05, 3.63) is 122 Å². The van der Waals surface area contributed by atoms with Gasteiger partial charge in [-0.25, -0.2) is 0 Å². The summed E-state index contributed by atoms with van der Waals surface area (Å²) in [5, 5.41) is 0. The van der Waals surface area contributed by atoms with Crippen molar-refractivity contribution < 1.29 is 28.3 Å². The van der Waals surface area contributed by atoms with Gasteiger partial charge in [-0.05, 0) is 12.2 Å². The molecule has 0 aliphatic heterocycles. The van der Waals surface area contributed by atoms with E-state index in [0.717, 1.165) is 3.89 Å². The first-order valence-corrected chi connectivity index (χ1v) is 15.6. The summed E-state index contributed by atoms with van der Waals surface area (Å²) in [6.07, 6.45) is 7.05. The van der Waals surface area contributed by atoms with Gasteiger partial charge in [0.15, 0.2) is 11.6 Å². The van der Waals surface area contributed by atoms with Crippen LogP contribution in [0, 0.1) is 3.89 Å². The maximum absolute atomic E-state index is 11.2. The third-order valence-corrected chi connectivity index (χ3v) is 8.49. The number of hydrogen-bond donors (Lipinski definition) is 0. The van der Waals surface area contributed by atoms with Crippen LogP contribution in [-0.4, -0.2) is 20.7 Å². The third-order valence-electron chi connectivity index (χ3n) is 7.74. The molecule has 1 aliphatic rings. The monoisotopic (exact) mass is 652 g/mol. The Labute approximate surface area is 261 Å². The summed E-state index contributed by atoms with van der Waals surface area (Å²) in [6, 6.07) is 20.3. The number of para-hydroxylation sites is 2. The summed E-state index contributed by atoms with van der Waals surface area (Å²) < 4.78 is 5.78. The molecule has 3 aromatic carbocycles. The van der Waals surface area contributed by atoms with Crippen molar-refractivity contribution in [2.75, 3.05) is 0 Å². The van der Waals surface area contributed by atoms with Gasteiger partial charge in [-0.2, -0.15) is 0 Å². The fourth-order valence-electron chi connectivity index (χ4n) is 5.51. The van der Waals surface area contributed by atoms with Crippen molar-refractivity contribution in [1.29, 1.82) is 0 Å². The predicted molar refractivity (Wildman–Crippen MR) is 169 cm³/mol. The number of benzene rings is 3. The smallest absolute Gasteiger partial charge is 0.186 e. The predicted octanol–water partition coefficient (Wildman–Crippen LogP) is 9.46. The fraction of sp³-hybridized carbons (Fsp3) is 0.324. The van der Waals surface area contributed by atoms with Crippen LogP contribution in [0.5, 0.6) is 0 Å². The molecule has 0 spiro atoms. The zero-order valence-corrected chi connectivity index (χ0v) is 27.5. The van der Waals surface area contributed by atoms with Crippen LogP contribution in [0.15, 0.2) is 85.2 Å². The van der Waals surface area contributed by atoms with Crippen molar-refractivity contribution >= 4 is 11.6 Å². The second kappa shape index (κ2) is 13.3. The van der Waals surface area contributed by atoms with Gasteiger partial charge in [-0.15, -0.1) is 0 Å². The van der Waals surface area contributed by atoms with Gasteiger partial charge in [-0.1, -0.05) is 24.3 Å². The molecule has 0 unspecified atom stereocenters. The SMILES string of the molecule is CC(C)c1cccc(C(C)C)c1-n1ccn(-c2c(C(C)C)cccc2C(C)C)[c]1=[Pd].O=C1C=CC(=O)c2ccccc21. The van der Waals surface area contributed by atoms with Crippen LogP contribution in [0.4, 0.5) is 0 Å². The Morgan fingerprint density at radius 2 is 0.810 bits per heavy atom. The van der Waals surface area contributed by atoms with Gasteiger partial charge >= 0.3 is 193 Å². The number of hydrogen-bond acceptors (Lipinski definition) is 2. The summed E-state index contributed by atoms with van der Waals surface area (Å²) in [5.74, 6) is 1.65. The van der Waals surface area contributed by atoms with E-state index in [1.807, 2.05) is 0 Å². The Bertz CT molecular complexity index is 1530. The molecule has 222 valence electrons. The Kier molecular flexibility index (Phi) is 9.98. The molecular formula is C37H42N2O2Pd. The largest absolute Gasteiger partial charge is 0.289 e. The number of carbonyl (C=O) groups excluding carboxylic acids is 2. The van der Waals surface area contributed by atoms with Crippen LogP contribution < -0.4 is 0 Å². The molecule has 42 heavy (non-hydrogen) atoms. The Hall–Kier alpha value is -3.39. The van der Waals surface area contributed by atoms with E-state index >= 15 is 0 Å². The number of nitrogens with zero attached hydrogens (tertiary/aromatic N) is 2. The number of imidazole rings is 1. The van der Waals surface area contributed by atoms with E-state index in [1.165, 1.54) is 45.8 Å². The number of aromatic nitrogens is 2. The Morgan fingerprint density at radius 3 is 1.10 bits per heavy atom. The summed E-state index contributed by atoms with van der Waals surface area (Å²) in [7, 11) is 0. The average Bonchev–Trinajstić information content (AvgIpc) is 3.34. The summed E-state index contributed by atoms with van der Waals surface area (Å²) in [6.45, 7) is 18.2. The van der Waals surface area contributed by atoms with Gasteiger partial charge in [0.05, 0.1) is 0 Å². The van der Waals surface area contributed by atoms with Crippen LogP contribution in [0.1, 0.15) is 122 Å². The summed E-state index contributed by atoms with van der Waals surface area (Å²) in [5.41, 5.74) is 9.19. The molecule has 0 saturated carbocycles. The Balaban J connectivity index is 0.000000279. The molecule has 5 rings (SSSR count). The molecule has 0 saturated heterocycles. The maximum atomic E-state index is 11.2. The zero-order chi connectivity index (χ0) is 30.7. The molecule has 5 heteroatoms. The first kappa shape index (κ1) is 31.5. The minimum absolute atomic E-state index is 0.0924. The van der Waals surface area contributed by atoms with Crippen LogP contribution in [0.3, 0.4) is 0 Å². The van der Waals surface area contributed by atoms with Gasteiger partial charge < -0.3 is 0 Å². The van der Waals surface area contributed by atoms with Crippen molar-refractivity contribution in [1.82, 2.24) is 9.13 Å². The number of fused-ring (bicyclic) bond motifs is 1. The third kappa shape index (κ3) is 6.34. The van der Waals surface area contributed by atoms with Crippen molar-refractivity contribution in [2.24, 2.45) is 0 Å². The molecule has 0 atom stereocenters. The molecule has 1 aliphatic carbocycles. The molecule has 0 bridgehead atoms. The van der Waals surface area contributed by atoms with Crippen LogP contribution in [-0.2, 0) is 18.7 Å². The van der Waals surface area contributed by atoms with E-state index in [4.69, 9.17) is 0 Å². The molecular weight excluding hydrogens is 611 g/mol. The molecule has 0 radical (unpaired) electrons. The normalized spacial score (nSPS) is 12.8. The first-order chi connectivity index (χ1) is 19.9. The summed E-state index contributed by atoms with van der Waals surface area (Å²) in [4.78, 5) is 22.4. The van der Waals surface area contributed by atoms with Gasteiger partial charge in [0.25, 0.3) is 0 Å². The molecule has 4 nitrogen and oxygen atoms in total. The maximum Gasteiger partial charge on any atom is 0.186 e. The van der Waals surface area contributed by atoms with Crippen LogP contribution in [0.2, 0.25) is 0 Å². The molecule has 1 heterocycles. The van der Waals surface area contributed by atoms with E-state index < -0.39 is 0 Å². The standard InChI is InChI=1S/C27H36N2.C10H6O2.Pd/c1-18(2)22-11-9-12-23(19(3)4)26(22)28-15-16-29(17-28)27-24(20(5)6)13-10-14-25(27)21(7)8;11-9-5-6-10(12)8-4-2-1-3-7(8)9;/h9-16,18-21H,1-8H3;1-6H;. The van der Waals surface area contributed by atoms with Gasteiger partial charge in [-0.3, -0.25) is 9.59 Å². The van der Waals surface area contributed by atoms with E-state index in [0.29, 0.717) is 34.8 Å². The number of rotatable bonds is 6. The van der Waals surface area contributed by atoms with Gasteiger partial charge in [0.2, 0.25) is 0 Å². The van der Waals surface area contributed by atoms with E-state index in [9.17, 15) is 9.59 Å². The van der Waals surface area contributed by atoms with Gasteiger partial charge in [0, 0.05) is 11.1 Å². The second-order valence-electron chi connectivity index (χ2n) is 12.1. The molecule has 0 amide bonds. The molecule has 4 aromatic rings. The Morgan fingerprint density at radius 1 is 0.500 bits per heavy atom. The number of carbonyl (C=O) groups is 2. The first-order valence-electron chi connectivity index (χ1n) is 14.8. The van der Waals surface area contributed by atoms with Crippen molar-refractivity contribution in [3.8, 4) is 11.4 Å². The van der Waals surface area contributed by atoms with Crippen LogP contribution >= 0.6 is 0 Å². The van der Waals surface area contributed by atoms with E-state index in [1.54, 1.807) is 24.3 Å². The molecule has 1 aromatic heterocycles. The minimum atomic E-state index is -0.0924. The molecule has 0 N–H and O–H groups in total. The fourth-order valence-corrected chi connectivity index (χ4v) is 6.09. The minimum Gasteiger partial charge on any atom is -0.289 e. The van der Waals surface area contributed by atoms with Crippen molar-refractivity contribution in [3.63, 3.8) is 0 Å². The van der Waals surface area contributed by atoms with Crippen LogP contribution in [0.25, 0.3) is 11.4 Å². The second-order valence-corrected chi connectivity index (χ2v) is 12.8. The molecule has 0 fully saturated rings. The number of ketones is 2. The van der Waals surface area contributed by atoms with E-state index in [2.05, 4.69) is 132 Å². The van der Waals surface area contributed by atoms with E-state index in [-0.39, 0.29) is 11.6 Å². The number of allylic oxidation sites excluding steroid dienone is 2. The zero-order valence-electron chi connectivity index (χ0n) is 25.9.